The fraction of sp³-hybridized carbons (Fsp3) is 0.0476. The van der Waals surface area contributed by atoms with E-state index in [0.717, 1.165) is 11.3 Å². The van der Waals surface area contributed by atoms with Gasteiger partial charge < -0.3 is 9.15 Å². The molecule has 1 aromatic heterocycles. The minimum absolute atomic E-state index is 0.408. The fourth-order valence-corrected chi connectivity index (χ4v) is 3.34. The summed E-state index contributed by atoms with van der Waals surface area (Å²) in [6.07, 6.45) is 1.72. The van der Waals surface area contributed by atoms with Gasteiger partial charge in [-0.2, -0.15) is 0 Å². The van der Waals surface area contributed by atoms with Crippen LogP contribution in [0.15, 0.2) is 64.0 Å². The van der Waals surface area contributed by atoms with Gasteiger partial charge in [0.15, 0.2) is 5.58 Å². The van der Waals surface area contributed by atoms with Crippen LogP contribution in [0.5, 0.6) is 5.75 Å². The van der Waals surface area contributed by atoms with Crippen molar-refractivity contribution in [3.05, 3.63) is 75.2 Å². The van der Waals surface area contributed by atoms with Gasteiger partial charge in [-0.05, 0) is 54.1 Å². The monoisotopic (exact) mass is 430 g/mol. The van der Waals surface area contributed by atoms with Crippen LogP contribution in [0.2, 0.25) is 15.1 Å². The van der Waals surface area contributed by atoms with Crippen molar-refractivity contribution in [1.82, 2.24) is 4.98 Å². The van der Waals surface area contributed by atoms with Crippen molar-refractivity contribution in [3.63, 3.8) is 0 Å². The smallest absolute Gasteiger partial charge is 0.228 e. The minimum atomic E-state index is 0.408. The molecule has 0 radical (unpaired) electrons. The number of aliphatic imine (C=N–C) groups is 1. The Balaban J connectivity index is 1.65. The zero-order valence-corrected chi connectivity index (χ0v) is 16.9. The quantitative estimate of drug-likeness (QED) is 0.321. The fourth-order valence-electron chi connectivity index (χ4n) is 2.69. The third kappa shape index (κ3) is 3.72. The molecule has 4 aromatic rings. The molecule has 0 N–H and O–H groups in total. The maximum absolute atomic E-state index is 6.26. The Morgan fingerprint density at radius 1 is 1.00 bits per heavy atom. The molecule has 0 aliphatic rings. The first kappa shape index (κ1) is 18.8. The summed E-state index contributed by atoms with van der Waals surface area (Å²) in [6, 6.07) is 16.3. The second-order valence-corrected chi connectivity index (χ2v) is 7.12. The molecular formula is C21H13Cl3N2O2. The molecule has 0 aliphatic carbocycles. The molecule has 0 amide bonds. The molecule has 0 aliphatic heterocycles. The number of hydrogen-bond acceptors (Lipinski definition) is 4. The molecule has 1 heterocycles. The number of ether oxygens (including phenoxy) is 1. The number of fused-ring (bicyclic) bond motifs is 1. The highest BCUT2D eigenvalue weighted by Gasteiger charge is 2.13. The summed E-state index contributed by atoms with van der Waals surface area (Å²) < 4.78 is 11.0. The number of aromatic nitrogens is 1. The van der Waals surface area contributed by atoms with Crippen LogP contribution >= 0.6 is 34.8 Å². The number of nitrogens with zero attached hydrogens (tertiary/aromatic N) is 2. The topological polar surface area (TPSA) is 47.6 Å². The van der Waals surface area contributed by atoms with E-state index in [1.54, 1.807) is 37.6 Å². The molecule has 0 bridgehead atoms. The summed E-state index contributed by atoms with van der Waals surface area (Å²) in [5, 5.41) is 1.39. The van der Waals surface area contributed by atoms with Gasteiger partial charge in [0.05, 0.1) is 33.4 Å². The van der Waals surface area contributed by atoms with Gasteiger partial charge in [0, 0.05) is 6.21 Å². The molecule has 0 fully saturated rings. The van der Waals surface area contributed by atoms with E-state index in [1.165, 1.54) is 0 Å². The summed E-state index contributed by atoms with van der Waals surface area (Å²) in [4.78, 5) is 9.00. The van der Waals surface area contributed by atoms with E-state index < -0.39 is 0 Å². The molecule has 4 nitrogen and oxygen atoms in total. The van der Waals surface area contributed by atoms with E-state index in [2.05, 4.69) is 9.98 Å². The number of oxazole rings is 1. The second-order valence-electron chi connectivity index (χ2n) is 5.92. The highest BCUT2D eigenvalue weighted by Crippen LogP contribution is 2.35. The van der Waals surface area contributed by atoms with Crippen molar-refractivity contribution in [2.75, 3.05) is 7.11 Å². The summed E-state index contributed by atoms with van der Waals surface area (Å²) in [7, 11) is 1.58. The first-order valence-corrected chi connectivity index (χ1v) is 9.41. The Kier molecular flexibility index (Phi) is 5.27. The predicted molar refractivity (Wildman–Crippen MR) is 115 cm³/mol. The van der Waals surface area contributed by atoms with Crippen LogP contribution in [0.1, 0.15) is 5.56 Å². The minimum Gasteiger partial charge on any atom is -0.495 e. The van der Waals surface area contributed by atoms with Crippen molar-refractivity contribution in [1.29, 1.82) is 0 Å². The summed E-state index contributed by atoms with van der Waals surface area (Å²) in [5.41, 5.74) is 3.54. The lowest BCUT2D eigenvalue weighted by atomic mass is 10.2. The third-order valence-electron chi connectivity index (χ3n) is 4.09. The number of halogens is 3. The predicted octanol–water partition coefficient (Wildman–Crippen LogP) is 7.21. The Bertz CT molecular complexity index is 1200. The molecule has 0 atom stereocenters. The Morgan fingerprint density at radius 3 is 2.64 bits per heavy atom. The van der Waals surface area contributed by atoms with E-state index >= 15 is 0 Å². The van der Waals surface area contributed by atoms with E-state index in [9.17, 15) is 0 Å². The maximum atomic E-state index is 6.26. The lowest BCUT2D eigenvalue weighted by Gasteiger charge is -2.02. The molecule has 0 saturated carbocycles. The van der Waals surface area contributed by atoms with Crippen LogP contribution in [0.25, 0.3) is 22.6 Å². The van der Waals surface area contributed by atoms with E-state index in [-0.39, 0.29) is 0 Å². The molecule has 3 aromatic carbocycles. The van der Waals surface area contributed by atoms with Crippen LogP contribution in [0, 0.1) is 0 Å². The van der Waals surface area contributed by atoms with Gasteiger partial charge in [-0.25, -0.2) is 4.98 Å². The number of methoxy groups -OCH3 is 1. The number of benzene rings is 3. The van der Waals surface area contributed by atoms with Crippen molar-refractivity contribution >= 4 is 57.8 Å². The lowest BCUT2D eigenvalue weighted by molar-refractivity contribution is 0.415. The van der Waals surface area contributed by atoms with Gasteiger partial charge in [-0.3, -0.25) is 4.99 Å². The molecule has 0 unspecified atom stereocenters. The number of hydrogen-bond donors (Lipinski definition) is 0. The van der Waals surface area contributed by atoms with E-state index in [1.807, 2.05) is 30.3 Å². The maximum Gasteiger partial charge on any atom is 0.228 e. The standard InChI is InChI=1S/C21H13Cl3N2O2/c1-27-18-7-5-12(9-16(18)23)11-25-13-6-8-19-17(10-13)26-21(28-19)14-3-2-4-15(22)20(14)24/h2-11H,1H3. The molecular weight excluding hydrogens is 419 g/mol. The van der Waals surface area contributed by atoms with Crippen LogP contribution in [-0.4, -0.2) is 18.3 Å². The molecule has 0 saturated heterocycles. The first-order chi connectivity index (χ1) is 13.5. The van der Waals surface area contributed by atoms with Gasteiger partial charge in [0.1, 0.15) is 11.3 Å². The lowest BCUT2D eigenvalue weighted by Crippen LogP contribution is -1.86. The summed E-state index contributed by atoms with van der Waals surface area (Å²) in [6.45, 7) is 0. The first-order valence-electron chi connectivity index (χ1n) is 8.28. The highest BCUT2D eigenvalue weighted by molar-refractivity contribution is 6.43. The molecule has 4 rings (SSSR count). The average Bonchev–Trinajstić information content (AvgIpc) is 3.11. The zero-order chi connectivity index (χ0) is 19.7. The van der Waals surface area contributed by atoms with E-state index in [0.29, 0.717) is 43.4 Å². The summed E-state index contributed by atoms with van der Waals surface area (Å²) in [5.74, 6) is 1.03. The van der Waals surface area contributed by atoms with E-state index in [4.69, 9.17) is 44.0 Å². The second kappa shape index (κ2) is 7.84. The highest BCUT2D eigenvalue weighted by atomic mass is 35.5. The van der Waals surface area contributed by atoms with Gasteiger partial charge in [0.2, 0.25) is 5.89 Å². The molecule has 28 heavy (non-hydrogen) atoms. The van der Waals surface area contributed by atoms with Gasteiger partial charge in [-0.1, -0.05) is 40.9 Å². The van der Waals surface area contributed by atoms with Crippen molar-refractivity contribution < 1.29 is 9.15 Å². The van der Waals surface area contributed by atoms with Crippen LogP contribution < -0.4 is 4.74 Å². The third-order valence-corrected chi connectivity index (χ3v) is 5.21. The molecule has 7 heteroatoms. The van der Waals surface area contributed by atoms with Gasteiger partial charge in [0.25, 0.3) is 0 Å². The van der Waals surface area contributed by atoms with Crippen LogP contribution in [0.3, 0.4) is 0 Å². The molecule has 140 valence electrons. The van der Waals surface area contributed by atoms with Crippen LogP contribution in [-0.2, 0) is 0 Å². The van der Waals surface area contributed by atoms with Gasteiger partial charge in [-0.15, -0.1) is 0 Å². The average molecular weight is 432 g/mol. The normalized spacial score (nSPS) is 11.4. The van der Waals surface area contributed by atoms with Crippen molar-refractivity contribution in [2.45, 2.75) is 0 Å². The zero-order valence-electron chi connectivity index (χ0n) is 14.6. The van der Waals surface area contributed by atoms with Crippen molar-refractivity contribution in [3.8, 4) is 17.2 Å². The molecule has 0 spiro atoms. The van der Waals surface area contributed by atoms with Gasteiger partial charge >= 0.3 is 0 Å². The van der Waals surface area contributed by atoms with Crippen molar-refractivity contribution in [2.24, 2.45) is 4.99 Å². The Labute approximate surface area is 176 Å². The summed E-state index contributed by atoms with van der Waals surface area (Å²) >= 11 is 18.5. The van der Waals surface area contributed by atoms with Crippen LogP contribution in [0.4, 0.5) is 5.69 Å². The Hall–Kier alpha value is -2.53. The number of rotatable bonds is 4. The Morgan fingerprint density at radius 2 is 1.86 bits per heavy atom. The largest absolute Gasteiger partial charge is 0.495 e. The SMILES string of the molecule is COc1ccc(C=Nc2ccc3oc(-c4cccc(Cl)c4Cl)nc3c2)cc1Cl.